The first-order chi connectivity index (χ1) is 9.66. The smallest absolute Gasteiger partial charge is 0.252 e. The minimum atomic E-state index is -0.0377. The quantitative estimate of drug-likeness (QED) is 0.601. The highest BCUT2D eigenvalue weighted by Crippen LogP contribution is 2.19. The van der Waals surface area contributed by atoms with Gasteiger partial charge in [-0.25, -0.2) is 0 Å². The molecule has 20 heavy (non-hydrogen) atoms. The number of carbonyl (C=O) groups is 1. The predicted molar refractivity (Wildman–Crippen MR) is 87.7 cm³/mol. The second kappa shape index (κ2) is 7.95. The molecule has 0 atom stereocenters. The highest BCUT2D eigenvalue weighted by Gasteiger charge is 2.18. The molecule has 1 amide bonds. The first kappa shape index (κ1) is 15.7. The Labute approximate surface area is 133 Å². The second-order valence-electron chi connectivity index (χ2n) is 5.14. The molecule has 0 aromatic heterocycles. The summed E-state index contributed by atoms with van der Waals surface area (Å²) >= 11 is 2.17. The van der Waals surface area contributed by atoms with E-state index in [9.17, 15) is 4.79 Å². The van der Waals surface area contributed by atoms with Crippen LogP contribution in [-0.2, 0) is 4.74 Å². The summed E-state index contributed by atoms with van der Waals surface area (Å²) in [5, 5.41) is 2.89. The molecule has 1 aromatic carbocycles. The molecule has 0 heterocycles. The number of halogens is 1. The van der Waals surface area contributed by atoms with E-state index < -0.39 is 0 Å². The van der Waals surface area contributed by atoms with Crippen LogP contribution in [0.4, 0.5) is 0 Å². The van der Waals surface area contributed by atoms with Gasteiger partial charge in [-0.3, -0.25) is 4.79 Å². The molecule has 0 bridgehead atoms. The van der Waals surface area contributed by atoms with Gasteiger partial charge in [-0.2, -0.15) is 0 Å². The predicted octanol–water partition coefficient (Wildman–Crippen LogP) is 2.31. The highest BCUT2D eigenvalue weighted by atomic mass is 127. The SMILES string of the molecule is NC1CCC(OCCNC(=O)c2ccccc2I)CC1. The Balaban J connectivity index is 1.66. The summed E-state index contributed by atoms with van der Waals surface area (Å²) in [6.07, 6.45) is 4.46. The van der Waals surface area contributed by atoms with Gasteiger partial charge in [-0.1, -0.05) is 12.1 Å². The summed E-state index contributed by atoms with van der Waals surface area (Å²) in [6.45, 7) is 1.11. The largest absolute Gasteiger partial charge is 0.376 e. The molecular formula is C15H21IN2O2. The summed E-state index contributed by atoms with van der Waals surface area (Å²) < 4.78 is 6.74. The van der Waals surface area contributed by atoms with E-state index >= 15 is 0 Å². The van der Waals surface area contributed by atoms with Gasteiger partial charge >= 0.3 is 0 Å². The van der Waals surface area contributed by atoms with Crippen molar-refractivity contribution in [1.82, 2.24) is 5.32 Å². The molecule has 0 aliphatic heterocycles. The Kier molecular flexibility index (Phi) is 6.25. The Morgan fingerprint density at radius 1 is 1.30 bits per heavy atom. The van der Waals surface area contributed by atoms with Gasteiger partial charge in [0, 0.05) is 16.2 Å². The van der Waals surface area contributed by atoms with Crippen molar-refractivity contribution in [2.24, 2.45) is 5.73 Å². The van der Waals surface area contributed by atoms with Gasteiger partial charge < -0.3 is 15.8 Å². The third kappa shape index (κ3) is 4.71. The number of nitrogens with one attached hydrogen (secondary N) is 1. The monoisotopic (exact) mass is 388 g/mol. The summed E-state index contributed by atoms with van der Waals surface area (Å²) in [4.78, 5) is 12.0. The number of amides is 1. The van der Waals surface area contributed by atoms with Crippen molar-refractivity contribution in [2.45, 2.75) is 37.8 Å². The zero-order chi connectivity index (χ0) is 14.4. The minimum absolute atomic E-state index is 0.0377. The molecule has 110 valence electrons. The van der Waals surface area contributed by atoms with Crippen LogP contribution < -0.4 is 11.1 Å². The minimum Gasteiger partial charge on any atom is -0.376 e. The standard InChI is InChI=1S/C15H21IN2O2/c16-14-4-2-1-3-13(14)15(19)18-9-10-20-12-7-5-11(17)6-8-12/h1-4,11-12H,5-10,17H2,(H,18,19). The maximum Gasteiger partial charge on any atom is 0.252 e. The molecule has 0 unspecified atom stereocenters. The maximum atomic E-state index is 12.0. The zero-order valence-electron chi connectivity index (χ0n) is 11.5. The Bertz CT molecular complexity index is 445. The molecule has 0 radical (unpaired) electrons. The fourth-order valence-corrected chi connectivity index (χ4v) is 3.02. The third-order valence-electron chi connectivity index (χ3n) is 3.58. The normalized spacial score (nSPS) is 22.5. The lowest BCUT2D eigenvalue weighted by atomic mass is 9.94. The molecule has 1 saturated carbocycles. The van der Waals surface area contributed by atoms with Gasteiger partial charge in [0.05, 0.1) is 18.3 Å². The number of hydrogen-bond acceptors (Lipinski definition) is 3. The van der Waals surface area contributed by atoms with Crippen LogP contribution in [0.2, 0.25) is 0 Å². The van der Waals surface area contributed by atoms with Gasteiger partial charge in [-0.15, -0.1) is 0 Å². The van der Waals surface area contributed by atoms with E-state index in [2.05, 4.69) is 27.9 Å². The third-order valence-corrected chi connectivity index (χ3v) is 4.52. The molecule has 4 nitrogen and oxygen atoms in total. The van der Waals surface area contributed by atoms with Crippen LogP contribution in [0.1, 0.15) is 36.0 Å². The van der Waals surface area contributed by atoms with Crippen molar-refractivity contribution >= 4 is 28.5 Å². The molecule has 1 aliphatic rings. The van der Waals surface area contributed by atoms with E-state index in [1.165, 1.54) is 0 Å². The molecule has 1 fully saturated rings. The molecule has 0 spiro atoms. The number of ether oxygens (including phenoxy) is 1. The fraction of sp³-hybridized carbons (Fsp3) is 0.533. The molecule has 5 heteroatoms. The van der Waals surface area contributed by atoms with Crippen molar-refractivity contribution in [3.05, 3.63) is 33.4 Å². The Morgan fingerprint density at radius 2 is 2.00 bits per heavy atom. The lowest BCUT2D eigenvalue weighted by Gasteiger charge is -2.26. The summed E-state index contributed by atoms with van der Waals surface area (Å²) in [5.41, 5.74) is 6.58. The second-order valence-corrected chi connectivity index (χ2v) is 6.31. The fourth-order valence-electron chi connectivity index (χ4n) is 2.39. The van der Waals surface area contributed by atoms with E-state index in [4.69, 9.17) is 10.5 Å². The Hall–Kier alpha value is -0.660. The van der Waals surface area contributed by atoms with Gasteiger partial charge in [0.2, 0.25) is 0 Å². The lowest BCUT2D eigenvalue weighted by Crippen LogP contribution is -2.33. The van der Waals surface area contributed by atoms with Gasteiger partial charge in [0.1, 0.15) is 0 Å². The van der Waals surface area contributed by atoms with Crippen molar-refractivity contribution in [1.29, 1.82) is 0 Å². The number of rotatable bonds is 5. The van der Waals surface area contributed by atoms with Crippen LogP contribution in [0.3, 0.4) is 0 Å². The topological polar surface area (TPSA) is 64.3 Å². The zero-order valence-corrected chi connectivity index (χ0v) is 13.6. The van der Waals surface area contributed by atoms with E-state index in [0.29, 0.717) is 25.3 Å². The number of nitrogens with two attached hydrogens (primary N) is 1. The molecule has 0 saturated heterocycles. The molecule has 2 rings (SSSR count). The average Bonchev–Trinajstić information content (AvgIpc) is 2.46. The van der Waals surface area contributed by atoms with E-state index in [1.54, 1.807) is 0 Å². The first-order valence-corrected chi connectivity index (χ1v) is 8.14. The van der Waals surface area contributed by atoms with Crippen LogP contribution in [0, 0.1) is 3.57 Å². The van der Waals surface area contributed by atoms with Crippen LogP contribution >= 0.6 is 22.6 Å². The van der Waals surface area contributed by atoms with Crippen molar-refractivity contribution in [2.75, 3.05) is 13.2 Å². The molecule has 3 N–H and O–H groups in total. The first-order valence-electron chi connectivity index (χ1n) is 7.06. The van der Waals surface area contributed by atoms with Crippen LogP contribution in [0.5, 0.6) is 0 Å². The van der Waals surface area contributed by atoms with Crippen molar-refractivity contribution < 1.29 is 9.53 Å². The van der Waals surface area contributed by atoms with E-state index in [-0.39, 0.29) is 5.91 Å². The van der Waals surface area contributed by atoms with Crippen LogP contribution in [0.25, 0.3) is 0 Å². The lowest BCUT2D eigenvalue weighted by molar-refractivity contribution is 0.0267. The van der Waals surface area contributed by atoms with Crippen LogP contribution in [0.15, 0.2) is 24.3 Å². The Morgan fingerprint density at radius 3 is 2.70 bits per heavy atom. The van der Waals surface area contributed by atoms with Gasteiger partial charge in [0.25, 0.3) is 5.91 Å². The number of benzene rings is 1. The molecular weight excluding hydrogens is 367 g/mol. The van der Waals surface area contributed by atoms with Gasteiger partial charge in [0.15, 0.2) is 0 Å². The summed E-state index contributed by atoms with van der Waals surface area (Å²) in [5.74, 6) is -0.0377. The van der Waals surface area contributed by atoms with Crippen LogP contribution in [-0.4, -0.2) is 31.2 Å². The van der Waals surface area contributed by atoms with Crippen molar-refractivity contribution in [3.63, 3.8) is 0 Å². The molecule has 1 aromatic rings. The van der Waals surface area contributed by atoms with E-state index in [1.807, 2.05) is 24.3 Å². The van der Waals surface area contributed by atoms with Crippen molar-refractivity contribution in [3.8, 4) is 0 Å². The summed E-state index contributed by atoms with van der Waals surface area (Å²) in [6, 6.07) is 7.90. The number of carbonyl (C=O) groups excluding carboxylic acids is 1. The summed E-state index contributed by atoms with van der Waals surface area (Å²) in [7, 11) is 0. The van der Waals surface area contributed by atoms with E-state index in [0.717, 1.165) is 34.8 Å². The molecule has 1 aliphatic carbocycles. The van der Waals surface area contributed by atoms with Gasteiger partial charge in [-0.05, 0) is 60.4 Å². The number of hydrogen-bond donors (Lipinski definition) is 2. The average molecular weight is 388 g/mol. The maximum absolute atomic E-state index is 12.0. The highest BCUT2D eigenvalue weighted by molar-refractivity contribution is 14.1.